The fourth-order valence-electron chi connectivity index (χ4n) is 2.07. The van der Waals surface area contributed by atoms with Gasteiger partial charge in [-0.3, -0.25) is 4.79 Å². The lowest BCUT2D eigenvalue weighted by molar-refractivity contribution is 0.0967. The van der Waals surface area contributed by atoms with E-state index in [-0.39, 0.29) is 11.6 Å². The summed E-state index contributed by atoms with van der Waals surface area (Å²) in [7, 11) is 1.88. The van der Waals surface area contributed by atoms with Crippen LogP contribution in [0.5, 0.6) is 0 Å². The number of hydrogen-bond donors (Lipinski definition) is 0. The molecule has 110 valence electrons. The molecule has 0 bridgehead atoms. The van der Waals surface area contributed by atoms with Gasteiger partial charge in [0.1, 0.15) is 5.82 Å². The molecule has 0 saturated carbocycles. The Morgan fingerprint density at radius 2 is 1.81 bits per heavy atom. The molecular formula is C17H17ClFNO. The molecule has 0 amide bonds. The maximum absolute atomic E-state index is 13.5. The first-order chi connectivity index (χ1) is 10.1. The van der Waals surface area contributed by atoms with Gasteiger partial charge >= 0.3 is 0 Å². The Balaban J connectivity index is 1.86. The zero-order chi connectivity index (χ0) is 15.2. The summed E-state index contributed by atoms with van der Waals surface area (Å²) in [6.45, 7) is 1.07. The van der Waals surface area contributed by atoms with Crippen molar-refractivity contribution in [3.8, 4) is 0 Å². The van der Waals surface area contributed by atoms with Crippen LogP contribution < -0.4 is 0 Å². The van der Waals surface area contributed by atoms with E-state index < -0.39 is 0 Å². The average Bonchev–Trinajstić information content (AvgIpc) is 2.48. The fraction of sp³-hybridized carbons (Fsp3) is 0.235. The standard InChI is InChI=1S/C17H17ClFNO/c1-20(12-14-4-2-3-5-16(14)19)11-10-17(21)13-6-8-15(18)9-7-13/h2-9H,10-12H2,1H3. The third-order valence-corrected chi connectivity index (χ3v) is 3.54. The minimum atomic E-state index is -0.214. The zero-order valence-corrected chi connectivity index (χ0v) is 12.6. The van der Waals surface area contributed by atoms with Crippen molar-refractivity contribution < 1.29 is 9.18 Å². The molecule has 0 radical (unpaired) electrons. The van der Waals surface area contributed by atoms with E-state index in [2.05, 4.69) is 0 Å². The van der Waals surface area contributed by atoms with Crippen molar-refractivity contribution in [1.29, 1.82) is 0 Å². The number of ketones is 1. The lowest BCUT2D eigenvalue weighted by atomic mass is 10.1. The van der Waals surface area contributed by atoms with Gasteiger partial charge < -0.3 is 4.90 Å². The molecule has 0 aliphatic heterocycles. The second-order valence-corrected chi connectivity index (χ2v) is 5.45. The van der Waals surface area contributed by atoms with Gasteiger partial charge in [-0.15, -0.1) is 0 Å². The van der Waals surface area contributed by atoms with E-state index in [1.54, 1.807) is 36.4 Å². The van der Waals surface area contributed by atoms with E-state index in [1.807, 2.05) is 18.0 Å². The molecule has 0 heterocycles. The topological polar surface area (TPSA) is 20.3 Å². The molecule has 4 heteroatoms. The van der Waals surface area contributed by atoms with Crippen molar-refractivity contribution in [3.05, 3.63) is 70.5 Å². The van der Waals surface area contributed by atoms with E-state index in [1.165, 1.54) is 6.07 Å². The van der Waals surface area contributed by atoms with Gasteiger partial charge in [0.2, 0.25) is 0 Å². The molecule has 0 saturated heterocycles. The summed E-state index contributed by atoms with van der Waals surface area (Å²) in [6.07, 6.45) is 0.395. The van der Waals surface area contributed by atoms with Crippen molar-refractivity contribution in [1.82, 2.24) is 4.90 Å². The molecule has 21 heavy (non-hydrogen) atoms. The summed E-state index contributed by atoms with van der Waals surface area (Å²) in [5.41, 5.74) is 1.29. The van der Waals surface area contributed by atoms with Gasteiger partial charge in [-0.25, -0.2) is 4.39 Å². The molecule has 0 aliphatic rings. The van der Waals surface area contributed by atoms with Crippen LogP contribution in [-0.2, 0) is 6.54 Å². The number of carbonyl (C=O) groups excluding carboxylic acids is 1. The molecule has 0 unspecified atom stereocenters. The molecule has 0 fully saturated rings. The summed E-state index contributed by atoms with van der Waals surface area (Å²) < 4.78 is 13.5. The number of rotatable bonds is 6. The molecule has 0 aromatic heterocycles. The van der Waals surface area contributed by atoms with Crippen molar-refractivity contribution in [2.24, 2.45) is 0 Å². The molecule has 0 atom stereocenters. The fourth-order valence-corrected chi connectivity index (χ4v) is 2.19. The van der Waals surface area contributed by atoms with Gasteiger partial charge in [-0.05, 0) is 37.4 Å². The highest BCUT2D eigenvalue weighted by Crippen LogP contribution is 2.12. The monoisotopic (exact) mass is 305 g/mol. The van der Waals surface area contributed by atoms with Crippen LogP contribution in [0.4, 0.5) is 4.39 Å². The Morgan fingerprint density at radius 3 is 2.48 bits per heavy atom. The van der Waals surface area contributed by atoms with Gasteiger partial charge in [-0.2, -0.15) is 0 Å². The molecule has 0 aliphatic carbocycles. The van der Waals surface area contributed by atoms with E-state index >= 15 is 0 Å². The number of benzene rings is 2. The van der Waals surface area contributed by atoms with Crippen LogP contribution >= 0.6 is 11.6 Å². The molecule has 2 aromatic carbocycles. The van der Waals surface area contributed by atoms with Crippen molar-refractivity contribution >= 4 is 17.4 Å². The van der Waals surface area contributed by atoms with Crippen molar-refractivity contribution in [2.45, 2.75) is 13.0 Å². The minimum absolute atomic E-state index is 0.0621. The Bertz CT molecular complexity index is 612. The Labute approximate surface area is 129 Å². The van der Waals surface area contributed by atoms with Gasteiger partial charge in [-0.1, -0.05) is 29.8 Å². The maximum Gasteiger partial charge on any atom is 0.164 e. The zero-order valence-electron chi connectivity index (χ0n) is 11.9. The lowest BCUT2D eigenvalue weighted by Crippen LogP contribution is -2.22. The number of Topliss-reactive ketones (excluding diaryl/α,β-unsaturated/α-hetero) is 1. The molecule has 2 rings (SSSR count). The first-order valence-corrected chi connectivity index (χ1v) is 7.15. The van der Waals surface area contributed by atoms with Crippen LogP contribution in [0.15, 0.2) is 48.5 Å². The minimum Gasteiger partial charge on any atom is -0.302 e. The SMILES string of the molecule is CN(CCC(=O)c1ccc(Cl)cc1)Cc1ccccc1F. The van der Waals surface area contributed by atoms with Crippen molar-refractivity contribution in [2.75, 3.05) is 13.6 Å². The van der Waals surface area contributed by atoms with Crippen LogP contribution in [0.25, 0.3) is 0 Å². The summed E-state index contributed by atoms with van der Waals surface area (Å²) in [4.78, 5) is 14.0. The van der Waals surface area contributed by atoms with Gasteiger partial charge in [0, 0.05) is 35.7 Å². The second kappa shape index (κ2) is 7.34. The van der Waals surface area contributed by atoms with Crippen LogP contribution in [-0.4, -0.2) is 24.3 Å². The third-order valence-electron chi connectivity index (χ3n) is 3.28. The van der Waals surface area contributed by atoms with Crippen LogP contribution in [0.2, 0.25) is 5.02 Å². The van der Waals surface area contributed by atoms with Gasteiger partial charge in [0.15, 0.2) is 5.78 Å². The number of hydrogen-bond acceptors (Lipinski definition) is 2. The molecule has 0 spiro atoms. The van der Waals surface area contributed by atoms with E-state index in [4.69, 9.17) is 11.6 Å². The van der Waals surface area contributed by atoms with E-state index in [9.17, 15) is 9.18 Å². The quantitative estimate of drug-likeness (QED) is 0.746. The van der Waals surface area contributed by atoms with Gasteiger partial charge in [0.05, 0.1) is 0 Å². The van der Waals surface area contributed by atoms with Gasteiger partial charge in [0.25, 0.3) is 0 Å². The average molecular weight is 306 g/mol. The first kappa shape index (κ1) is 15.7. The molecule has 2 nitrogen and oxygen atoms in total. The predicted molar refractivity (Wildman–Crippen MR) is 83.1 cm³/mol. The number of carbonyl (C=O) groups is 1. The largest absolute Gasteiger partial charge is 0.302 e. The smallest absolute Gasteiger partial charge is 0.164 e. The summed E-state index contributed by atoms with van der Waals surface area (Å²) in [6, 6.07) is 13.5. The summed E-state index contributed by atoms with van der Waals surface area (Å²) >= 11 is 5.79. The maximum atomic E-state index is 13.5. The number of nitrogens with zero attached hydrogens (tertiary/aromatic N) is 1. The lowest BCUT2D eigenvalue weighted by Gasteiger charge is -2.16. The Kier molecular flexibility index (Phi) is 5.48. The highest BCUT2D eigenvalue weighted by Gasteiger charge is 2.09. The highest BCUT2D eigenvalue weighted by molar-refractivity contribution is 6.30. The van der Waals surface area contributed by atoms with E-state index in [0.717, 1.165) is 0 Å². The molecule has 0 N–H and O–H groups in total. The molecule has 2 aromatic rings. The van der Waals surface area contributed by atoms with Crippen LogP contribution in [0, 0.1) is 5.82 Å². The second-order valence-electron chi connectivity index (χ2n) is 5.01. The Hall–Kier alpha value is -1.71. The van der Waals surface area contributed by atoms with E-state index in [0.29, 0.717) is 35.7 Å². The Morgan fingerprint density at radius 1 is 1.14 bits per heavy atom. The predicted octanol–water partition coefficient (Wildman–Crippen LogP) is 4.18. The third kappa shape index (κ3) is 4.66. The van der Waals surface area contributed by atoms with Crippen LogP contribution in [0.3, 0.4) is 0 Å². The van der Waals surface area contributed by atoms with Crippen LogP contribution in [0.1, 0.15) is 22.3 Å². The summed E-state index contributed by atoms with van der Waals surface area (Å²) in [5, 5.41) is 0.614. The molecular weight excluding hydrogens is 289 g/mol. The first-order valence-electron chi connectivity index (χ1n) is 6.77. The normalized spacial score (nSPS) is 10.9. The van der Waals surface area contributed by atoms with Crippen molar-refractivity contribution in [3.63, 3.8) is 0 Å². The summed E-state index contributed by atoms with van der Waals surface area (Å²) in [5.74, 6) is -0.152. The number of halogens is 2. The highest BCUT2D eigenvalue weighted by atomic mass is 35.5.